The van der Waals surface area contributed by atoms with Gasteiger partial charge in [0.1, 0.15) is 5.82 Å². The van der Waals surface area contributed by atoms with E-state index in [0.29, 0.717) is 43.4 Å². The second-order valence-electron chi connectivity index (χ2n) is 5.88. The molecule has 2 heterocycles. The van der Waals surface area contributed by atoms with E-state index in [4.69, 9.17) is 4.74 Å². The first-order valence-electron chi connectivity index (χ1n) is 7.62. The van der Waals surface area contributed by atoms with Crippen LogP contribution in [0.4, 0.5) is 4.39 Å². The molecule has 5 nitrogen and oxygen atoms in total. The molecule has 1 N–H and O–H groups in total. The van der Waals surface area contributed by atoms with Gasteiger partial charge in [0.05, 0.1) is 17.5 Å². The van der Waals surface area contributed by atoms with E-state index in [1.54, 1.807) is 25.3 Å². The third-order valence-corrected chi connectivity index (χ3v) is 4.85. The van der Waals surface area contributed by atoms with Crippen molar-refractivity contribution in [1.82, 2.24) is 14.9 Å². The Labute approximate surface area is 142 Å². The minimum Gasteiger partial charge on any atom is -0.383 e. The Hall–Kier alpha value is -1.31. The molecule has 0 bridgehead atoms. The average Bonchev–Trinajstić information content (AvgIpc) is 2.55. The van der Waals surface area contributed by atoms with Gasteiger partial charge in [0, 0.05) is 44.1 Å². The number of H-pyrrole nitrogens is 1. The first kappa shape index (κ1) is 16.5. The highest BCUT2D eigenvalue weighted by molar-refractivity contribution is 9.10. The Morgan fingerprint density at radius 3 is 2.87 bits per heavy atom. The van der Waals surface area contributed by atoms with Crippen molar-refractivity contribution in [3.8, 4) is 0 Å². The lowest BCUT2D eigenvalue weighted by Crippen LogP contribution is -2.42. The largest absolute Gasteiger partial charge is 0.383 e. The van der Waals surface area contributed by atoms with E-state index in [1.807, 2.05) is 0 Å². The zero-order valence-electron chi connectivity index (χ0n) is 12.9. The SMILES string of the molecule is COCCN1CCC(F)(c2nc3ccc(Br)cc3c(=O)[nH]2)CC1. The number of nitrogens with one attached hydrogen (secondary N) is 1. The van der Waals surface area contributed by atoms with E-state index in [2.05, 4.69) is 30.8 Å². The first-order valence-corrected chi connectivity index (χ1v) is 8.41. The summed E-state index contributed by atoms with van der Waals surface area (Å²) in [5.74, 6) is 0.142. The minimum absolute atomic E-state index is 0.142. The van der Waals surface area contributed by atoms with Crippen LogP contribution in [0.5, 0.6) is 0 Å². The van der Waals surface area contributed by atoms with Gasteiger partial charge in [0.2, 0.25) is 0 Å². The average molecular weight is 384 g/mol. The molecular weight excluding hydrogens is 365 g/mol. The molecule has 0 radical (unpaired) electrons. The smallest absolute Gasteiger partial charge is 0.258 e. The Balaban J connectivity index is 1.85. The summed E-state index contributed by atoms with van der Waals surface area (Å²) < 4.78 is 21.1. The number of rotatable bonds is 4. The number of hydrogen-bond donors (Lipinski definition) is 1. The van der Waals surface area contributed by atoms with Gasteiger partial charge in [-0.1, -0.05) is 15.9 Å². The molecule has 0 spiro atoms. The van der Waals surface area contributed by atoms with Crippen molar-refractivity contribution in [2.24, 2.45) is 0 Å². The van der Waals surface area contributed by atoms with Crippen molar-refractivity contribution in [3.63, 3.8) is 0 Å². The number of aromatic nitrogens is 2. The molecule has 124 valence electrons. The molecule has 0 aliphatic carbocycles. The predicted octanol–water partition coefficient (Wildman–Crippen LogP) is 2.59. The molecule has 1 aliphatic rings. The normalized spacial score (nSPS) is 18.4. The third kappa shape index (κ3) is 3.46. The maximum absolute atomic E-state index is 15.3. The Bertz CT molecular complexity index is 757. The molecule has 0 saturated carbocycles. The summed E-state index contributed by atoms with van der Waals surface area (Å²) in [7, 11) is 1.66. The zero-order valence-corrected chi connectivity index (χ0v) is 14.5. The lowest BCUT2D eigenvalue weighted by molar-refractivity contribution is 0.0372. The standard InChI is InChI=1S/C16H19BrFN3O2/c1-23-9-8-21-6-4-16(18,5-7-21)15-19-13-3-2-11(17)10-12(13)14(22)20-15/h2-3,10H,4-9H2,1H3,(H,19,20,22). The summed E-state index contributed by atoms with van der Waals surface area (Å²) in [6.07, 6.45) is 0.642. The summed E-state index contributed by atoms with van der Waals surface area (Å²) in [5.41, 5.74) is -1.36. The van der Waals surface area contributed by atoms with E-state index in [0.717, 1.165) is 11.0 Å². The van der Waals surface area contributed by atoms with Gasteiger partial charge in [0.15, 0.2) is 5.67 Å². The van der Waals surface area contributed by atoms with Crippen molar-refractivity contribution >= 4 is 26.8 Å². The number of halogens is 2. The Morgan fingerprint density at radius 2 is 2.17 bits per heavy atom. The minimum atomic E-state index is -1.58. The van der Waals surface area contributed by atoms with Crippen molar-refractivity contribution in [3.05, 3.63) is 38.9 Å². The van der Waals surface area contributed by atoms with Crippen LogP contribution in [0.1, 0.15) is 18.7 Å². The predicted molar refractivity (Wildman–Crippen MR) is 90.4 cm³/mol. The number of aromatic amines is 1. The van der Waals surface area contributed by atoms with Crippen LogP contribution in [0.2, 0.25) is 0 Å². The van der Waals surface area contributed by atoms with Crippen LogP contribution in [-0.2, 0) is 10.4 Å². The molecule has 0 unspecified atom stereocenters. The van der Waals surface area contributed by atoms with Crippen LogP contribution >= 0.6 is 15.9 Å². The maximum atomic E-state index is 15.3. The fraction of sp³-hybridized carbons (Fsp3) is 0.500. The number of hydrogen-bond acceptors (Lipinski definition) is 4. The fourth-order valence-electron chi connectivity index (χ4n) is 2.91. The molecule has 1 aromatic carbocycles. The van der Waals surface area contributed by atoms with Gasteiger partial charge in [-0.05, 0) is 18.2 Å². The summed E-state index contributed by atoms with van der Waals surface area (Å²) in [4.78, 5) is 21.4. The van der Waals surface area contributed by atoms with Crippen molar-refractivity contribution in [1.29, 1.82) is 0 Å². The van der Waals surface area contributed by atoms with Gasteiger partial charge in [0.25, 0.3) is 5.56 Å². The molecular formula is C16H19BrFN3O2. The second-order valence-corrected chi connectivity index (χ2v) is 6.79. The first-order chi connectivity index (χ1) is 11.0. The highest BCUT2D eigenvalue weighted by Crippen LogP contribution is 2.35. The van der Waals surface area contributed by atoms with Crippen LogP contribution in [0.25, 0.3) is 10.9 Å². The quantitative estimate of drug-likeness (QED) is 0.881. The topological polar surface area (TPSA) is 58.2 Å². The molecule has 2 aromatic rings. The highest BCUT2D eigenvalue weighted by Gasteiger charge is 2.38. The van der Waals surface area contributed by atoms with E-state index in [1.165, 1.54) is 0 Å². The Morgan fingerprint density at radius 1 is 1.43 bits per heavy atom. The summed E-state index contributed by atoms with van der Waals surface area (Å²) in [5, 5.41) is 0.462. The van der Waals surface area contributed by atoms with Crippen molar-refractivity contribution in [2.45, 2.75) is 18.5 Å². The van der Waals surface area contributed by atoms with Gasteiger partial charge in [-0.25, -0.2) is 9.37 Å². The molecule has 0 atom stereocenters. The van der Waals surface area contributed by atoms with Gasteiger partial charge in [-0.15, -0.1) is 0 Å². The highest BCUT2D eigenvalue weighted by atomic mass is 79.9. The maximum Gasteiger partial charge on any atom is 0.258 e. The third-order valence-electron chi connectivity index (χ3n) is 4.35. The van der Waals surface area contributed by atoms with Crippen LogP contribution in [0.15, 0.2) is 27.5 Å². The summed E-state index contributed by atoms with van der Waals surface area (Å²) in [6.45, 7) is 2.69. The number of fused-ring (bicyclic) bond motifs is 1. The zero-order chi connectivity index (χ0) is 16.4. The van der Waals surface area contributed by atoms with Gasteiger partial charge < -0.3 is 14.6 Å². The second kappa shape index (κ2) is 6.67. The number of piperidine rings is 1. The number of ether oxygens (including phenoxy) is 1. The van der Waals surface area contributed by atoms with E-state index in [-0.39, 0.29) is 11.4 Å². The summed E-state index contributed by atoms with van der Waals surface area (Å²) in [6, 6.07) is 5.23. The molecule has 1 aliphatic heterocycles. The van der Waals surface area contributed by atoms with Gasteiger partial charge in [-0.3, -0.25) is 4.79 Å². The van der Waals surface area contributed by atoms with Crippen LogP contribution in [-0.4, -0.2) is 48.2 Å². The van der Waals surface area contributed by atoms with Gasteiger partial charge >= 0.3 is 0 Å². The monoisotopic (exact) mass is 383 g/mol. The number of benzene rings is 1. The molecule has 3 rings (SSSR count). The van der Waals surface area contributed by atoms with Crippen molar-refractivity contribution < 1.29 is 9.13 Å². The lowest BCUT2D eigenvalue weighted by Gasteiger charge is -2.35. The molecule has 1 fully saturated rings. The van der Waals surface area contributed by atoms with E-state index >= 15 is 4.39 Å². The fourth-order valence-corrected chi connectivity index (χ4v) is 3.27. The lowest BCUT2D eigenvalue weighted by atomic mass is 9.92. The Kier molecular flexibility index (Phi) is 4.79. The molecule has 23 heavy (non-hydrogen) atoms. The van der Waals surface area contributed by atoms with Crippen LogP contribution in [0, 0.1) is 0 Å². The number of nitrogens with zero attached hydrogens (tertiary/aromatic N) is 2. The number of likely N-dealkylation sites (tertiary alicyclic amines) is 1. The van der Waals surface area contributed by atoms with E-state index in [9.17, 15) is 4.79 Å². The van der Waals surface area contributed by atoms with Crippen molar-refractivity contribution in [2.75, 3.05) is 33.4 Å². The number of methoxy groups -OCH3 is 1. The summed E-state index contributed by atoms with van der Waals surface area (Å²) >= 11 is 3.33. The number of alkyl halides is 1. The van der Waals surface area contributed by atoms with Crippen LogP contribution in [0.3, 0.4) is 0 Å². The molecule has 7 heteroatoms. The molecule has 1 saturated heterocycles. The molecule has 1 aromatic heterocycles. The van der Waals surface area contributed by atoms with E-state index < -0.39 is 5.67 Å². The molecule has 0 amide bonds. The van der Waals surface area contributed by atoms with Crippen LogP contribution < -0.4 is 5.56 Å². The van der Waals surface area contributed by atoms with Gasteiger partial charge in [-0.2, -0.15) is 0 Å².